The van der Waals surface area contributed by atoms with E-state index in [1.807, 2.05) is 0 Å². The Morgan fingerprint density at radius 2 is 1.91 bits per heavy atom. The van der Waals surface area contributed by atoms with Crippen LogP contribution in [-0.4, -0.2) is 55.1 Å². The molecule has 3 rings (SSSR count). The van der Waals surface area contributed by atoms with Gasteiger partial charge >= 0.3 is 0 Å². The second-order valence-electron chi connectivity index (χ2n) is 6.16. The van der Waals surface area contributed by atoms with Crippen LogP contribution in [-0.2, 0) is 10.0 Å². The lowest BCUT2D eigenvalue weighted by atomic mass is 10.0. The van der Waals surface area contributed by atoms with Crippen LogP contribution in [0.3, 0.4) is 0 Å². The van der Waals surface area contributed by atoms with E-state index in [0.717, 1.165) is 42.0 Å². The summed E-state index contributed by atoms with van der Waals surface area (Å²) < 4.78 is 24.9. The number of thiophene rings is 1. The van der Waals surface area contributed by atoms with Gasteiger partial charge in [-0.15, -0.1) is 11.3 Å². The third-order valence-corrected chi connectivity index (χ3v) is 7.21. The van der Waals surface area contributed by atoms with E-state index in [2.05, 4.69) is 28.7 Å². The Morgan fingerprint density at radius 3 is 2.52 bits per heavy atom. The minimum atomic E-state index is -3.13. The maximum atomic E-state index is 11.7. The summed E-state index contributed by atoms with van der Waals surface area (Å²) in [6.07, 6.45) is 4.53. The Morgan fingerprint density at radius 1 is 1.26 bits per heavy atom. The van der Waals surface area contributed by atoms with Crippen molar-refractivity contribution < 1.29 is 8.42 Å². The minimum absolute atomic E-state index is 0.0730. The molecule has 0 saturated carbocycles. The predicted molar refractivity (Wildman–Crippen MR) is 94.7 cm³/mol. The molecular formula is C15H22N4O2S2. The summed E-state index contributed by atoms with van der Waals surface area (Å²) in [4.78, 5) is 13.5. The first kappa shape index (κ1) is 16.6. The van der Waals surface area contributed by atoms with E-state index in [9.17, 15) is 8.42 Å². The Kier molecular flexibility index (Phi) is 4.33. The molecular weight excluding hydrogens is 332 g/mol. The zero-order chi connectivity index (χ0) is 16.8. The summed E-state index contributed by atoms with van der Waals surface area (Å²) in [6, 6.07) is 0.0730. The quantitative estimate of drug-likeness (QED) is 0.845. The summed E-state index contributed by atoms with van der Waals surface area (Å²) in [7, 11) is -1.46. The highest BCUT2D eigenvalue weighted by atomic mass is 32.2. The molecule has 3 heterocycles. The molecule has 23 heavy (non-hydrogen) atoms. The first-order valence-electron chi connectivity index (χ1n) is 7.67. The van der Waals surface area contributed by atoms with Gasteiger partial charge in [-0.2, -0.15) is 0 Å². The number of sulfonamides is 1. The molecule has 0 unspecified atom stereocenters. The van der Waals surface area contributed by atoms with Gasteiger partial charge in [-0.05, 0) is 32.3 Å². The summed E-state index contributed by atoms with van der Waals surface area (Å²) in [5.74, 6) is 0.984. The topological polar surface area (TPSA) is 66.4 Å². The molecule has 1 fully saturated rings. The SMILES string of the molecule is Cc1sc2ncnc(N3CCC(N(C)S(C)(=O)=O)CC3)c2c1C. The lowest BCUT2D eigenvalue weighted by molar-refractivity contribution is 0.313. The van der Waals surface area contributed by atoms with Crippen molar-refractivity contribution in [3.63, 3.8) is 0 Å². The highest BCUT2D eigenvalue weighted by Gasteiger charge is 2.28. The maximum absolute atomic E-state index is 11.7. The van der Waals surface area contributed by atoms with Crippen molar-refractivity contribution in [3.05, 3.63) is 16.8 Å². The fourth-order valence-electron chi connectivity index (χ4n) is 3.12. The van der Waals surface area contributed by atoms with Gasteiger partial charge in [0, 0.05) is 31.1 Å². The molecule has 2 aromatic rings. The second kappa shape index (κ2) is 5.99. The van der Waals surface area contributed by atoms with Gasteiger partial charge in [0.2, 0.25) is 10.0 Å². The van der Waals surface area contributed by atoms with Gasteiger partial charge in [0.1, 0.15) is 17.0 Å². The van der Waals surface area contributed by atoms with E-state index < -0.39 is 10.0 Å². The normalized spacial score (nSPS) is 17.3. The number of fused-ring (bicyclic) bond motifs is 1. The minimum Gasteiger partial charge on any atom is -0.356 e. The molecule has 6 nitrogen and oxygen atoms in total. The van der Waals surface area contributed by atoms with Crippen LogP contribution < -0.4 is 4.90 Å². The molecule has 1 aliphatic rings. The third kappa shape index (κ3) is 3.07. The molecule has 0 atom stereocenters. The Labute approximate surface area is 141 Å². The molecule has 8 heteroatoms. The molecule has 0 aromatic carbocycles. The van der Waals surface area contributed by atoms with Crippen molar-refractivity contribution in [1.29, 1.82) is 0 Å². The molecule has 0 N–H and O–H groups in total. The van der Waals surface area contributed by atoms with Crippen LogP contribution in [0.25, 0.3) is 10.2 Å². The van der Waals surface area contributed by atoms with Crippen LogP contribution in [0, 0.1) is 13.8 Å². The third-order valence-electron chi connectivity index (χ3n) is 4.75. The molecule has 0 spiro atoms. The van der Waals surface area contributed by atoms with Gasteiger partial charge in [0.05, 0.1) is 11.6 Å². The van der Waals surface area contributed by atoms with Crippen LogP contribution in [0.5, 0.6) is 0 Å². The molecule has 0 radical (unpaired) electrons. The smallest absolute Gasteiger partial charge is 0.211 e. The maximum Gasteiger partial charge on any atom is 0.211 e. The average molecular weight is 355 g/mol. The number of hydrogen-bond acceptors (Lipinski definition) is 6. The standard InChI is InChI=1S/C15H22N4O2S2/c1-10-11(2)22-15-13(10)14(16-9-17-15)19-7-5-12(6-8-19)18(3)23(4,20)21/h9,12H,5-8H2,1-4H3. The molecule has 126 valence electrons. The van der Waals surface area contributed by atoms with Crippen LogP contribution in [0.15, 0.2) is 6.33 Å². The number of nitrogens with zero attached hydrogens (tertiary/aromatic N) is 4. The van der Waals surface area contributed by atoms with Crippen LogP contribution in [0.2, 0.25) is 0 Å². The fraction of sp³-hybridized carbons (Fsp3) is 0.600. The van der Waals surface area contributed by atoms with Crippen molar-refractivity contribution in [2.45, 2.75) is 32.7 Å². The highest BCUT2D eigenvalue weighted by Crippen LogP contribution is 2.35. The molecule has 0 aliphatic carbocycles. The van der Waals surface area contributed by atoms with Crippen molar-refractivity contribution in [3.8, 4) is 0 Å². The second-order valence-corrected chi connectivity index (χ2v) is 9.40. The van der Waals surface area contributed by atoms with Crippen molar-refractivity contribution in [2.24, 2.45) is 0 Å². The molecule has 0 bridgehead atoms. The molecule has 1 aliphatic heterocycles. The van der Waals surface area contributed by atoms with E-state index in [0.29, 0.717) is 0 Å². The van der Waals surface area contributed by atoms with Gasteiger partial charge in [0.15, 0.2) is 0 Å². The van der Waals surface area contributed by atoms with Gasteiger partial charge < -0.3 is 4.90 Å². The summed E-state index contributed by atoms with van der Waals surface area (Å²) in [5.41, 5.74) is 1.25. The van der Waals surface area contributed by atoms with Crippen LogP contribution in [0.4, 0.5) is 5.82 Å². The van der Waals surface area contributed by atoms with E-state index in [-0.39, 0.29) is 6.04 Å². The lowest BCUT2D eigenvalue weighted by Crippen LogP contribution is -2.45. The van der Waals surface area contributed by atoms with Crippen molar-refractivity contribution >= 4 is 37.4 Å². The number of anilines is 1. The molecule has 0 amide bonds. The van der Waals surface area contributed by atoms with E-state index in [4.69, 9.17) is 0 Å². The average Bonchev–Trinajstić information content (AvgIpc) is 2.81. The monoisotopic (exact) mass is 354 g/mol. The first-order valence-corrected chi connectivity index (χ1v) is 10.3. The number of rotatable bonds is 3. The van der Waals surface area contributed by atoms with Gasteiger partial charge in [-0.1, -0.05) is 0 Å². The first-order chi connectivity index (χ1) is 10.8. The zero-order valence-corrected chi connectivity index (χ0v) is 15.5. The number of aryl methyl sites for hydroxylation is 2. The Balaban J connectivity index is 1.84. The van der Waals surface area contributed by atoms with E-state index in [1.165, 1.54) is 21.0 Å². The molecule has 1 saturated heterocycles. The number of hydrogen-bond donors (Lipinski definition) is 0. The zero-order valence-electron chi connectivity index (χ0n) is 13.9. The lowest BCUT2D eigenvalue weighted by Gasteiger charge is -2.36. The van der Waals surface area contributed by atoms with E-state index in [1.54, 1.807) is 24.7 Å². The Bertz CT molecular complexity index is 823. The van der Waals surface area contributed by atoms with Gasteiger partial charge in [-0.3, -0.25) is 0 Å². The Hall–Kier alpha value is -1.25. The van der Waals surface area contributed by atoms with Crippen LogP contribution in [0.1, 0.15) is 23.3 Å². The summed E-state index contributed by atoms with van der Waals surface area (Å²) in [5, 5.41) is 1.14. The predicted octanol–water partition coefficient (Wildman–Crippen LogP) is 2.17. The molecule has 2 aromatic heterocycles. The van der Waals surface area contributed by atoms with Gasteiger partial charge in [0.25, 0.3) is 0 Å². The summed E-state index contributed by atoms with van der Waals surface area (Å²) >= 11 is 1.70. The number of aromatic nitrogens is 2. The largest absolute Gasteiger partial charge is 0.356 e. The van der Waals surface area contributed by atoms with E-state index >= 15 is 0 Å². The van der Waals surface area contributed by atoms with Crippen molar-refractivity contribution in [2.75, 3.05) is 31.3 Å². The number of piperidine rings is 1. The van der Waals surface area contributed by atoms with Crippen LogP contribution >= 0.6 is 11.3 Å². The van der Waals surface area contributed by atoms with Crippen molar-refractivity contribution in [1.82, 2.24) is 14.3 Å². The summed E-state index contributed by atoms with van der Waals surface area (Å²) in [6.45, 7) is 5.85. The fourth-order valence-corrected chi connectivity index (χ4v) is 4.86. The van der Waals surface area contributed by atoms with Gasteiger partial charge in [-0.25, -0.2) is 22.7 Å². The highest BCUT2D eigenvalue weighted by molar-refractivity contribution is 7.88.